The molecule has 1 aliphatic carbocycles. The van der Waals surface area contributed by atoms with Gasteiger partial charge in [-0.05, 0) is 43.5 Å². The van der Waals surface area contributed by atoms with Crippen molar-refractivity contribution in [1.82, 2.24) is 5.32 Å². The second kappa shape index (κ2) is 7.02. The molecule has 5 heteroatoms. The molecule has 114 valence electrons. The van der Waals surface area contributed by atoms with Crippen LogP contribution in [0.5, 0.6) is 17.2 Å². The Morgan fingerprint density at radius 1 is 1.29 bits per heavy atom. The van der Waals surface area contributed by atoms with Crippen LogP contribution in [0.2, 0.25) is 0 Å². The van der Waals surface area contributed by atoms with Crippen LogP contribution in [-0.2, 0) is 4.79 Å². The number of hydrogen-bond donors (Lipinski definition) is 1. The monoisotopic (exact) mass is 291 g/mol. The van der Waals surface area contributed by atoms with E-state index in [9.17, 15) is 4.79 Å². The maximum Gasteiger partial charge on any atom is 0.244 e. The molecule has 5 nitrogen and oxygen atoms in total. The Hall–Kier alpha value is -2.17. The van der Waals surface area contributed by atoms with Crippen LogP contribution in [0.4, 0.5) is 0 Å². The fraction of sp³-hybridized carbons (Fsp3) is 0.438. The molecule has 0 spiro atoms. The number of rotatable bonds is 7. The largest absolute Gasteiger partial charge is 0.493 e. The molecular weight excluding hydrogens is 270 g/mol. The molecule has 0 unspecified atom stereocenters. The first-order chi connectivity index (χ1) is 10.2. The molecule has 1 aliphatic rings. The smallest absolute Gasteiger partial charge is 0.244 e. The third kappa shape index (κ3) is 4.15. The summed E-state index contributed by atoms with van der Waals surface area (Å²) in [5.41, 5.74) is 0.818. The molecule has 1 aromatic rings. The molecule has 0 atom stereocenters. The second-order valence-electron chi connectivity index (χ2n) is 4.80. The minimum atomic E-state index is -0.0793. The molecule has 1 saturated carbocycles. The summed E-state index contributed by atoms with van der Waals surface area (Å²) in [7, 11) is 3.15. The Bertz CT molecular complexity index is 510. The molecule has 1 fully saturated rings. The van der Waals surface area contributed by atoms with Gasteiger partial charge in [0.15, 0.2) is 11.5 Å². The molecule has 1 N–H and O–H groups in total. The topological polar surface area (TPSA) is 56.8 Å². The number of nitrogens with one attached hydrogen (secondary N) is 1. The van der Waals surface area contributed by atoms with Gasteiger partial charge in [0.25, 0.3) is 0 Å². The molecule has 21 heavy (non-hydrogen) atoms. The van der Waals surface area contributed by atoms with E-state index in [1.807, 2.05) is 19.1 Å². The number of ether oxygens (including phenoxy) is 3. The van der Waals surface area contributed by atoms with Crippen LogP contribution in [0.15, 0.2) is 18.2 Å². The number of methoxy groups -OCH3 is 2. The number of carbonyl (C=O) groups excluding carboxylic acids is 1. The van der Waals surface area contributed by atoms with E-state index in [0.717, 1.165) is 18.4 Å². The van der Waals surface area contributed by atoms with Gasteiger partial charge in [0.2, 0.25) is 11.7 Å². The van der Waals surface area contributed by atoms with Crippen molar-refractivity contribution in [3.63, 3.8) is 0 Å². The Morgan fingerprint density at radius 3 is 2.38 bits per heavy atom. The fourth-order valence-electron chi connectivity index (χ4n) is 1.93. The van der Waals surface area contributed by atoms with Gasteiger partial charge in [0.05, 0.1) is 20.8 Å². The zero-order valence-electron chi connectivity index (χ0n) is 12.6. The highest BCUT2D eigenvalue weighted by molar-refractivity contribution is 5.92. The lowest BCUT2D eigenvalue weighted by Crippen LogP contribution is -2.22. The van der Waals surface area contributed by atoms with Gasteiger partial charge in [-0.3, -0.25) is 4.79 Å². The molecule has 1 amide bonds. The summed E-state index contributed by atoms with van der Waals surface area (Å²) in [6, 6.07) is 3.98. The second-order valence-corrected chi connectivity index (χ2v) is 4.80. The third-order valence-corrected chi connectivity index (χ3v) is 3.12. The van der Waals surface area contributed by atoms with Gasteiger partial charge in [-0.25, -0.2) is 0 Å². The van der Waals surface area contributed by atoms with Crippen LogP contribution in [0.3, 0.4) is 0 Å². The van der Waals surface area contributed by atoms with Gasteiger partial charge >= 0.3 is 0 Å². The van der Waals surface area contributed by atoms with Crippen LogP contribution in [-0.4, -0.2) is 32.8 Å². The van der Waals surface area contributed by atoms with Crippen molar-refractivity contribution in [3.8, 4) is 17.2 Å². The zero-order chi connectivity index (χ0) is 15.2. The minimum Gasteiger partial charge on any atom is -0.493 e. The summed E-state index contributed by atoms with van der Waals surface area (Å²) < 4.78 is 16.2. The van der Waals surface area contributed by atoms with Crippen molar-refractivity contribution < 1.29 is 19.0 Å². The van der Waals surface area contributed by atoms with Crippen LogP contribution < -0.4 is 19.5 Å². The van der Waals surface area contributed by atoms with Gasteiger partial charge in [-0.15, -0.1) is 0 Å². The Morgan fingerprint density at radius 2 is 1.90 bits per heavy atom. The molecule has 2 rings (SSSR count). The van der Waals surface area contributed by atoms with Crippen LogP contribution >= 0.6 is 0 Å². The first-order valence-electron chi connectivity index (χ1n) is 7.05. The molecule has 0 bridgehead atoms. The van der Waals surface area contributed by atoms with E-state index < -0.39 is 0 Å². The summed E-state index contributed by atoms with van der Waals surface area (Å²) in [6.07, 6.45) is 5.40. The van der Waals surface area contributed by atoms with E-state index in [0.29, 0.717) is 29.9 Å². The quantitative estimate of drug-likeness (QED) is 0.784. The number of amides is 1. The molecule has 0 heterocycles. The van der Waals surface area contributed by atoms with Crippen molar-refractivity contribution in [3.05, 3.63) is 23.8 Å². The third-order valence-electron chi connectivity index (χ3n) is 3.12. The highest BCUT2D eigenvalue weighted by Gasteiger charge is 2.22. The number of hydrogen-bond acceptors (Lipinski definition) is 4. The predicted octanol–water partition coefficient (Wildman–Crippen LogP) is 2.39. The SMILES string of the molecule is CCOc1c(OC)cc(/C=C\C(=O)NC2CC2)cc1OC. The van der Waals surface area contributed by atoms with Crippen molar-refractivity contribution in [2.75, 3.05) is 20.8 Å². The molecule has 0 saturated heterocycles. The van der Waals surface area contributed by atoms with Gasteiger partial charge in [-0.1, -0.05) is 0 Å². The van der Waals surface area contributed by atoms with Crippen LogP contribution in [0.1, 0.15) is 25.3 Å². The van der Waals surface area contributed by atoms with E-state index in [1.165, 1.54) is 6.08 Å². The summed E-state index contributed by atoms with van der Waals surface area (Å²) in [4.78, 5) is 11.7. The fourth-order valence-corrected chi connectivity index (χ4v) is 1.93. The number of benzene rings is 1. The van der Waals surface area contributed by atoms with E-state index >= 15 is 0 Å². The highest BCUT2D eigenvalue weighted by Crippen LogP contribution is 2.38. The summed E-state index contributed by atoms with van der Waals surface area (Å²) in [5.74, 6) is 1.66. The van der Waals surface area contributed by atoms with Gasteiger partial charge in [-0.2, -0.15) is 0 Å². The van der Waals surface area contributed by atoms with Crippen molar-refractivity contribution in [2.24, 2.45) is 0 Å². The Kier molecular flexibility index (Phi) is 5.09. The first kappa shape index (κ1) is 15.2. The van der Waals surface area contributed by atoms with E-state index in [1.54, 1.807) is 20.3 Å². The molecule has 0 aromatic heterocycles. The lowest BCUT2D eigenvalue weighted by Gasteiger charge is -2.14. The maximum absolute atomic E-state index is 11.7. The maximum atomic E-state index is 11.7. The lowest BCUT2D eigenvalue weighted by molar-refractivity contribution is -0.116. The first-order valence-corrected chi connectivity index (χ1v) is 7.05. The molecule has 1 aromatic carbocycles. The van der Waals surface area contributed by atoms with Gasteiger partial charge < -0.3 is 19.5 Å². The average molecular weight is 291 g/mol. The van der Waals surface area contributed by atoms with E-state index in [2.05, 4.69) is 5.32 Å². The number of carbonyl (C=O) groups is 1. The summed E-state index contributed by atoms with van der Waals surface area (Å²) in [5, 5.41) is 2.90. The van der Waals surface area contributed by atoms with E-state index in [4.69, 9.17) is 14.2 Å². The Balaban J connectivity index is 2.18. The average Bonchev–Trinajstić information content (AvgIpc) is 3.29. The van der Waals surface area contributed by atoms with Crippen LogP contribution in [0, 0.1) is 0 Å². The van der Waals surface area contributed by atoms with Gasteiger partial charge in [0.1, 0.15) is 0 Å². The highest BCUT2D eigenvalue weighted by atomic mass is 16.5. The van der Waals surface area contributed by atoms with Crippen LogP contribution in [0.25, 0.3) is 6.08 Å². The van der Waals surface area contributed by atoms with Crippen molar-refractivity contribution in [2.45, 2.75) is 25.8 Å². The van der Waals surface area contributed by atoms with Crippen molar-refractivity contribution >= 4 is 12.0 Å². The lowest BCUT2D eigenvalue weighted by atomic mass is 10.1. The predicted molar refractivity (Wildman–Crippen MR) is 80.9 cm³/mol. The van der Waals surface area contributed by atoms with Crippen molar-refractivity contribution in [1.29, 1.82) is 0 Å². The standard InChI is InChI=1S/C16H21NO4/c1-4-21-16-13(19-2)9-11(10-14(16)20-3)5-8-15(18)17-12-6-7-12/h5,8-10,12H,4,6-7H2,1-3H3,(H,17,18)/b8-5-. The summed E-state index contributed by atoms with van der Waals surface area (Å²) in [6.45, 7) is 2.42. The molecule has 0 radical (unpaired) electrons. The van der Waals surface area contributed by atoms with E-state index in [-0.39, 0.29) is 5.91 Å². The molecular formula is C16H21NO4. The summed E-state index contributed by atoms with van der Waals surface area (Å²) >= 11 is 0. The molecule has 0 aliphatic heterocycles. The Labute approximate surface area is 124 Å². The zero-order valence-corrected chi connectivity index (χ0v) is 12.6. The normalized spacial score (nSPS) is 14.0. The van der Waals surface area contributed by atoms with Gasteiger partial charge in [0, 0.05) is 12.1 Å². The minimum absolute atomic E-state index is 0.0793.